The van der Waals surface area contributed by atoms with E-state index < -0.39 is 17.7 Å². The fraction of sp³-hybridized carbons (Fsp3) is 0.267. The maximum absolute atomic E-state index is 12.5. The highest BCUT2D eigenvalue weighted by molar-refractivity contribution is 5.91. The maximum atomic E-state index is 12.5. The fourth-order valence-corrected chi connectivity index (χ4v) is 2.02. The van der Waals surface area contributed by atoms with Crippen LogP contribution in [0.5, 0.6) is 0 Å². The molecule has 2 N–H and O–H groups in total. The Kier molecular flexibility index (Phi) is 4.78. The van der Waals surface area contributed by atoms with Gasteiger partial charge < -0.3 is 10.5 Å². The first-order valence-corrected chi connectivity index (χ1v) is 6.87. The smallest absolute Gasteiger partial charge is 0.416 e. The number of carbonyl (C=O) groups excluding carboxylic acids is 1. The lowest BCUT2D eigenvalue weighted by atomic mass is 10.1. The fourth-order valence-electron chi connectivity index (χ4n) is 2.02. The summed E-state index contributed by atoms with van der Waals surface area (Å²) in [6, 6.07) is 6.21. The van der Waals surface area contributed by atoms with Crippen molar-refractivity contribution < 1.29 is 22.7 Å². The summed E-state index contributed by atoms with van der Waals surface area (Å²) in [5.74, 6) is -0.840. The third kappa shape index (κ3) is 3.48. The molecule has 0 saturated heterocycles. The Morgan fingerprint density at radius 3 is 2.50 bits per heavy atom. The lowest BCUT2D eigenvalue weighted by molar-refractivity contribution is -0.137. The molecule has 2 aromatic rings. The van der Waals surface area contributed by atoms with Gasteiger partial charge in [-0.05, 0) is 24.6 Å². The van der Waals surface area contributed by atoms with Gasteiger partial charge in [0.1, 0.15) is 17.5 Å². The number of aromatic nitrogens is 2. The number of hydrogen-bond acceptors (Lipinski definition) is 5. The molecule has 0 saturated carbocycles. The zero-order valence-electron chi connectivity index (χ0n) is 12.6. The number of esters is 1. The first-order valence-electron chi connectivity index (χ1n) is 6.87. The van der Waals surface area contributed by atoms with Crippen LogP contribution >= 0.6 is 0 Å². The summed E-state index contributed by atoms with van der Waals surface area (Å²) in [6.45, 7) is 1.72. The van der Waals surface area contributed by atoms with Gasteiger partial charge in [0.15, 0.2) is 5.69 Å². The van der Waals surface area contributed by atoms with E-state index in [2.05, 4.69) is 5.10 Å². The number of benzene rings is 1. The standard InChI is InChI=1S/C15H13F3N4O2/c1-2-24-14(23)12-11(7-19)13(20)22(21-12)8-9-3-5-10(6-4-9)15(16,17)18/h3-6H,2,8,20H2,1H3. The Balaban J connectivity index is 2.30. The van der Waals surface area contributed by atoms with Gasteiger partial charge in [-0.3, -0.25) is 0 Å². The van der Waals surface area contributed by atoms with Gasteiger partial charge in [-0.2, -0.15) is 23.5 Å². The van der Waals surface area contributed by atoms with Crippen LogP contribution in [0.1, 0.15) is 34.1 Å². The number of nitrogens with two attached hydrogens (primary N) is 1. The van der Waals surface area contributed by atoms with E-state index in [4.69, 9.17) is 15.7 Å². The highest BCUT2D eigenvalue weighted by Crippen LogP contribution is 2.29. The lowest BCUT2D eigenvalue weighted by Gasteiger charge is -2.08. The highest BCUT2D eigenvalue weighted by Gasteiger charge is 2.30. The zero-order chi connectivity index (χ0) is 17.9. The molecule has 126 valence electrons. The molecule has 0 spiro atoms. The molecule has 1 heterocycles. The number of carbonyl (C=O) groups is 1. The minimum absolute atomic E-state index is 0.0120. The van der Waals surface area contributed by atoms with Crippen molar-refractivity contribution in [2.45, 2.75) is 19.6 Å². The molecule has 0 atom stereocenters. The minimum Gasteiger partial charge on any atom is -0.461 e. The summed E-state index contributed by atoms with van der Waals surface area (Å²) < 4.78 is 43.6. The molecule has 0 bridgehead atoms. The third-order valence-electron chi connectivity index (χ3n) is 3.19. The predicted molar refractivity (Wildman–Crippen MR) is 77.9 cm³/mol. The van der Waals surface area contributed by atoms with Gasteiger partial charge in [0.05, 0.1) is 18.7 Å². The Bertz CT molecular complexity index is 789. The van der Waals surface area contributed by atoms with Crippen LogP contribution in [0.25, 0.3) is 0 Å². The van der Waals surface area contributed by atoms with Crippen LogP contribution in [0.3, 0.4) is 0 Å². The Hall–Kier alpha value is -3.02. The number of ether oxygens (including phenoxy) is 1. The molecule has 0 aliphatic rings. The van der Waals surface area contributed by atoms with E-state index >= 15 is 0 Å². The molecule has 24 heavy (non-hydrogen) atoms. The summed E-state index contributed by atoms with van der Waals surface area (Å²) in [5, 5.41) is 13.0. The van der Waals surface area contributed by atoms with Gasteiger partial charge in [0, 0.05) is 0 Å². The van der Waals surface area contributed by atoms with E-state index in [0.29, 0.717) is 5.56 Å². The van der Waals surface area contributed by atoms with Crippen LogP contribution in [0, 0.1) is 11.3 Å². The van der Waals surface area contributed by atoms with Crippen molar-refractivity contribution in [2.24, 2.45) is 0 Å². The van der Waals surface area contributed by atoms with E-state index in [1.54, 1.807) is 13.0 Å². The number of halogens is 3. The van der Waals surface area contributed by atoms with Crippen LogP contribution in [-0.2, 0) is 17.5 Å². The molecule has 0 aliphatic heterocycles. The summed E-state index contributed by atoms with van der Waals surface area (Å²) in [7, 11) is 0. The summed E-state index contributed by atoms with van der Waals surface area (Å²) in [5.41, 5.74) is 5.15. The largest absolute Gasteiger partial charge is 0.461 e. The SMILES string of the molecule is CCOC(=O)c1nn(Cc2ccc(C(F)(F)F)cc2)c(N)c1C#N. The van der Waals surface area contributed by atoms with E-state index in [-0.39, 0.29) is 30.2 Å². The Morgan fingerprint density at radius 2 is 2.00 bits per heavy atom. The molecule has 0 unspecified atom stereocenters. The lowest BCUT2D eigenvalue weighted by Crippen LogP contribution is -2.09. The first kappa shape index (κ1) is 17.3. The van der Waals surface area contributed by atoms with Crippen LogP contribution in [-0.4, -0.2) is 22.4 Å². The average Bonchev–Trinajstić information content (AvgIpc) is 2.83. The topological polar surface area (TPSA) is 93.9 Å². The van der Waals surface area contributed by atoms with Crippen LogP contribution < -0.4 is 5.73 Å². The van der Waals surface area contributed by atoms with Crippen molar-refractivity contribution in [3.8, 4) is 6.07 Å². The molecular weight excluding hydrogens is 325 g/mol. The van der Waals surface area contributed by atoms with Crippen molar-refractivity contribution in [2.75, 3.05) is 12.3 Å². The molecule has 1 aromatic carbocycles. The van der Waals surface area contributed by atoms with Crippen LogP contribution in [0.15, 0.2) is 24.3 Å². The second-order valence-electron chi connectivity index (χ2n) is 4.79. The van der Waals surface area contributed by atoms with Crippen molar-refractivity contribution in [1.82, 2.24) is 9.78 Å². The monoisotopic (exact) mass is 338 g/mol. The van der Waals surface area contributed by atoms with Crippen molar-refractivity contribution in [1.29, 1.82) is 5.26 Å². The van der Waals surface area contributed by atoms with Gasteiger partial charge >= 0.3 is 12.1 Å². The van der Waals surface area contributed by atoms with Crippen molar-refractivity contribution in [3.05, 3.63) is 46.6 Å². The highest BCUT2D eigenvalue weighted by atomic mass is 19.4. The number of nitriles is 1. The molecule has 0 aliphatic carbocycles. The molecule has 9 heteroatoms. The number of nitrogen functional groups attached to an aromatic ring is 1. The Labute approximate surface area is 135 Å². The number of hydrogen-bond donors (Lipinski definition) is 1. The molecule has 0 amide bonds. The van der Waals surface area contributed by atoms with Crippen LogP contribution in [0.4, 0.5) is 19.0 Å². The molecule has 0 fully saturated rings. The van der Waals surface area contributed by atoms with Crippen molar-refractivity contribution >= 4 is 11.8 Å². The molecule has 1 aromatic heterocycles. The second kappa shape index (κ2) is 6.62. The summed E-state index contributed by atoms with van der Waals surface area (Å²) in [4.78, 5) is 11.8. The maximum Gasteiger partial charge on any atom is 0.416 e. The quantitative estimate of drug-likeness (QED) is 0.865. The first-order chi connectivity index (χ1) is 11.3. The van der Waals surface area contributed by atoms with Gasteiger partial charge in [-0.25, -0.2) is 9.48 Å². The van der Waals surface area contributed by atoms with E-state index in [9.17, 15) is 18.0 Å². The molecule has 2 rings (SSSR count). The summed E-state index contributed by atoms with van der Waals surface area (Å²) in [6.07, 6.45) is -4.42. The number of anilines is 1. The van der Waals surface area contributed by atoms with Crippen molar-refractivity contribution in [3.63, 3.8) is 0 Å². The predicted octanol–water partition coefficient (Wildman–Crippen LogP) is 2.58. The van der Waals surface area contributed by atoms with Gasteiger partial charge in [0.25, 0.3) is 0 Å². The zero-order valence-corrected chi connectivity index (χ0v) is 12.6. The normalized spacial score (nSPS) is 11.1. The van der Waals surface area contributed by atoms with E-state index in [0.717, 1.165) is 12.1 Å². The number of nitrogens with zero attached hydrogens (tertiary/aromatic N) is 3. The minimum atomic E-state index is -4.42. The molecule has 0 radical (unpaired) electrons. The van der Waals surface area contributed by atoms with Crippen LogP contribution in [0.2, 0.25) is 0 Å². The number of alkyl halides is 3. The van der Waals surface area contributed by atoms with Gasteiger partial charge in [0.2, 0.25) is 0 Å². The van der Waals surface area contributed by atoms with E-state index in [1.807, 2.05) is 0 Å². The Morgan fingerprint density at radius 1 is 1.38 bits per heavy atom. The third-order valence-corrected chi connectivity index (χ3v) is 3.19. The molecular formula is C15H13F3N4O2. The molecule has 6 nitrogen and oxygen atoms in total. The van der Waals surface area contributed by atoms with Gasteiger partial charge in [-0.15, -0.1) is 0 Å². The van der Waals surface area contributed by atoms with E-state index in [1.165, 1.54) is 16.8 Å². The average molecular weight is 338 g/mol. The number of rotatable bonds is 4. The second-order valence-corrected chi connectivity index (χ2v) is 4.79. The van der Waals surface area contributed by atoms with Gasteiger partial charge in [-0.1, -0.05) is 12.1 Å². The summed E-state index contributed by atoms with van der Waals surface area (Å²) >= 11 is 0.